The van der Waals surface area contributed by atoms with E-state index in [1.807, 2.05) is 18.2 Å². The van der Waals surface area contributed by atoms with Crippen molar-refractivity contribution in [2.45, 2.75) is 25.0 Å². The van der Waals surface area contributed by atoms with Crippen LogP contribution in [-0.4, -0.2) is 11.1 Å². The Labute approximate surface area is 129 Å². The molecule has 0 saturated carbocycles. The molecule has 1 aliphatic heterocycles. The maximum atomic E-state index is 10.5. The highest BCUT2D eigenvalue weighted by atomic mass is 79.9. The molecule has 0 radical (unpaired) electrons. The third-order valence-electron chi connectivity index (χ3n) is 3.42. The predicted octanol–water partition coefficient (Wildman–Crippen LogP) is 4.62. The topological polar surface area (TPSA) is 32.3 Å². The van der Waals surface area contributed by atoms with Gasteiger partial charge in [-0.2, -0.15) is 0 Å². The van der Waals surface area contributed by atoms with Crippen molar-refractivity contribution in [3.63, 3.8) is 0 Å². The second-order valence-corrected chi connectivity index (χ2v) is 7.20. The Morgan fingerprint density at radius 1 is 1.42 bits per heavy atom. The zero-order chi connectivity index (χ0) is 13.4. The van der Waals surface area contributed by atoms with Crippen LogP contribution in [-0.2, 0) is 6.42 Å². The minimum atomic E-state index is -0.526. The fourth-order valence-electron chi connectivity index (χ4n) is 2.41. The number of benzene rings is 1. The summed E-state index contributed by atoms with van der Waals surface area (Å²) in [6.45, 7) is 0. The maximum absolute atomic E-state index is 10.5. The summed E-state index contributed by atoms with van der Waals surface area (Å²) in [7, 11) is 0. The molecule has 2 unspecified atom stereocenters. The van der Waals surface area contributed by atoms with E-state index in [-0.39, 0.29) is 6.04 Å². The van der Waals surface area contributed by atoms with Crippen molar-refractivity contribution < 1.29 is 5.11 Å². The molecule has 19 heavy (non-hydrogen) atoms. The fourth-order valence-corrected chi connectivity index (χ4v) is 4.19. The van der Waals surface area contributed by atoms with Crippen molar-refractivity contribution in [3.8, 4) is 0 Å². The number of aliphatic hydroxyl groups excluding tert-OH is 1. The zero-order valence-electron chi connectivity index (χ0n) is 10.1. The highest BCUT2D eigenvalue weighted by molar-refractivity contribution is 9.10. The summed E-state index contributed by atoms with van der Waals surface area (Å²) in [6.07, 6.45) is 1.39. The minimum Gasteiger partial charge on any atom is -0.385 e. The number of halogens is 2. The maximum Gasteiger partial charge on any atom is 0.108 e. The first kappa shape index (κ1) is 13.4. The number of hydrogen-bond donors (Lipinski definition) is 2. The van der Waals surface area contributed by atoms with Crippen LogP contribution in [0.25, 0.3) is 0 Å². The number of fused-ring (bicyclic) bond motifs is 1. The Hall–Kier alpha value is -0.550. The van der Waals surface area contributed by atoms with Gasteiger partial charge in [0.1, 0.15) is 10.4 Å². The van der Waals surface area contributed by atoms with E-state index in [1.165, 1.54) is 16.9 Å². The van der Waals surface area contributed by atoms with Gasteiger partial charge in [0.15, 0.2) is 0 Å². The first-order valence-electron chi connectivity index (χ1n) is 6.12. The molecule has 2 heterocycles. The minimum absolute atomic E-state index is 0.0384. The highest BCUT2D eigenvalue weighted by Crippen LogP contribution is 2.38. The largest absolute Gasteiger partial charge is 0.385 e. The van der Waals surface area contributed by atoms with Crippen LogP contribution in [0.15, 0.2) is 34.8 Å². The quantitative estimate of drug-likeness (QED) is 0.820. The Balaban J connectivity index is 1.81. The van der Waals surface area contributed by atoms with Gasteiger partial charge in [-0.25, -0.2) is 0 Å². The molecule has 0 amide bonds. The monoisotopic (exact) mass is 357 g/mol. The van der Waals surface area contributed by atoms with Crippen molar-refractivity contribution in [1.29, 1.82) is 0 Å². The number of aliphatic hydroxyl groups is 1. The number of aryl methyl sites for hydroxylation is 1. The van der Waals surface area contributed by atoms with E-state index < -0.39 is 6.10 Å². The van der Waals surface area contributed by atoms with E-state index in [2.05, 4.69) is 33.4 Å². The molecule has 1 aromatic carbocycles. The predicted molar refractivity (Wildman–Crippen MR) is 84.2 cm³/mol. The fraction of sp³-hybridized carbons (Fsp3) is 0.286. The summed E-state index contributed by atoms with van der Waals surface area (Å²) in [5.41, 5.74) is 2.44. The third kappa shape index (κ3) is 2.68. The van der Waals surface area contributed by atoms with Gasteiger partial charge in [0.25, 0.3) is 0 Å². The summed E-state index contributed by atoms with van der Waals surface area (Å²) in [4.78, 5) is 0.897. The van der Waals surface area contributed by atoms with Gasteiger partial charge in [-0.05, 0) is 46.5 Å². The molecule has 0 fully saturated rings. The summed E-state index contributed by atoms with van der Waals surface area (Å²) in [5, 5.41) is 13.9. The van der Waals surface area contributed by atoms with Crippen LogP contribution in [0.3, 0.4) is 0 Å². The average molecular weight is 359 g/mol. The molecule has 5 heteroatoms. The Bertz CT molecular complexity index is 581. The van der Waals surface area contributed by atoms with Gasteiger partial charge in [-0.15, -0.1) is 11.3 Å². The normalized spacial score (nSPS) is 19.6. The molecule has 3 rings (SSSR count). The Morgan fingerprint density at radius 3 is 2.95 bits per heavy atom. The number of thiophene rings is 1. The van der Waals surface area contributed by atoms with Crippen LogP contribution in [0.2, 0.25) is 4.34 Å². The molecule has 100 valence electrons. The van der Waals surface area contributed by atoms with Crippen molar-refractivity contribution >= 4 is 44.6 Å². The van der Waals surface area contributed by atoms with Gasteiger partial charge in [0.2, 0.25) is 0 Å². The molecular formula is C14H13BrClNOS. The van der Waals surface area contributed by atoms with E-state index in [1.54, 1.807) is 0 Å². The second kappa shape index (κ2) is 5.44. The van der Waals surface area contributed by atoms with Crippen LogP contribution >= 0.6 is 38.9 Å². The van der Waals surface area contributed by atoms with Crippen molar-refractivity contribution in [1.82, 2.24) is 0 Å². The SMILES string of the molecule is OC(c1cc(Br)c(Cl)s1)C1CCc2ccccc2N1. The van der Waals surface area contributed by atoms with Crippen molar-refractivity contribution in [2.75, 3.05) is 5.32 Å². The summed E-state index contributed by atoms with van der Waals surface area (Å²) in [6, 6.07) is 10.2. The lowest BCUT2D eigenvalue weighted by Crippen LogP contribution is -2.31. The van der Waals surface area contributed by atoms with Crippen LogP contribution in [0, 0.1) is 0 Å². The number of hydrogen-bond acceptors (Lipinski definition) is 3. The molecule has 2 N–H and O–H groups in total. The van der Waals surface area contributed by atoms with Crippen LogP contribution in [0.1, 0.15) is 23.0 Å². The summed E-state index contributed by atoms with van der Waals surface area (Å²) >= 11 is 10.8. The molecule has 0 bridgehead atoms. The lowest BCUT2D eigenvalue weighted by molar-refractivity contribution is 0.152. The van der Waals surface area contributed by atoms with E-state index in [0.29, 0.717) is 4.34 Å². The average Bonchev–Trinajstić information content (AvgIpc) is 2.77. The molecule has 0 aliphatic carbocycles. The molecule has 2 nitrogen and oxygen atoms in total. The first-order chi connectivity index (χ1) is 9.15. The van der Waals surface area contributed by atoms with E-state index in [9.17, 15) is 5.11 Å². The van der Waals surface area contributed by atoms with Gasteiger partial charge in [-0.3, -0.25) is 0 Å². The van der Waals surface area contributed by atoms with Crippen LogP contribution < -0.4 is 5.32 Å². The van der Waals surface area contributed by atoms with E-state index >= 15 is 0 Å². The number of anilines is 1. The van der Waals surface area contributed by atoms with Gasteiger partial charge in [-0.1, -0.05) is 29.8 Å². The zero-order valence-corrected chi connectivity index (χ0v) is 13.2. The summed E-state index contributed by atoms with van der Waals surface area (Å²) < 4.78 is 1.54. The van der Waals surface area contributed by atoms with Gasteiger partial charge in [0.05, 0.1) is 6.04 Å². The third-order valence-corrected chi connectivity index (χ3v) is 5.97. The van der Waals surface area contributed by atoms with E-state index in [0.717, 1.165) is 27.9 Å². The van der Waals surface area contributed by atoms with Gasteiger partial charge >= 0.3 is 0 Å². The number of para-hydroxylation sites is 1. The van der Waals surface area contributed by atoms with Crippen molar-refractivity contribution in [2.24, 2.45) is 0 Å². The lowest BCUT2D eigenvalue weighted by Gasteiger charge is -2.30. The molecule has 0 spiro atoms. The van der Waals surface area contributed by atoms with Crippen LogP contribution in [0.4, 0.5) is 5.69 Å². The number of nitrogens with one attached hydrogen (secondary N) is 1. The molecule has 0 saturated heterocycles. The smallest absolute Gasteiger partial charge is 0.108 e. The summed E-state index contributed by atoms with van der Waals surface area (Å²) in [5.74, 6) is 0. The Kier molecular flexibility index (Phi) is 3.85. The van der Waals surface area contributed by atoms with Gasteiger partial charge in [0, 0.05) is 15.0 Å². The second-order valence-electron chi connectivity index (χ2n) is 4.66. The molecule has 1 aliphatic rings. The highest BCUT2D eigenvalue weighted by Gasteiger charge is 2.26. The van der Waals surface area contributed by atoms with Crippen molar-refractivity contribution in [3.05, 3.63) is 49.6 Å². The molecular weight excluding hydrogens is 346 g/mol. The molecule has 1 aromatic heterocycles. The molecule has 2 aromatic rings. The molecule has 2 atom stereocenters. The van der Waals surface area contributed by atoms with Gasteiger partial charge < -0.3 is 10.4 Å². The van der Waals surface area contributed by atoms with Crippen LogP contribution in [0.5, 0.6) is 0 Å². The number of rotatable bonds is 2. The Morgan fingerprint density at radius 2 is 2.21 bits per heavy atom. The lowest BCUT2D eigenvalue weighted by atomic mass is 9.94. The first-order valence-corrected chi connectivity index (χ1v) is 8.11. The standard InChI is InChI=1S/C14H13BrClNOS/c15-9-7-12(19-14(9)16)13(18)11-6-5-8-3-1-2-4-10(8)17-11/h1-4,7,11,13,17-18H,5-6H2. The van der Waals surface area contributed by atoms with E-state index in [4.69, 9.17) is 11.6 Å².